The van der Waals surface area contributed by atoms with Crippen molar-refractivity contribution >= 4 is 5.91 Å². The molecule has 0 saturated carbocycles. The highest BCUT2D eigenvalue weighted by Crippen LogP contribution is 2.31. The second-order valence-corrected chi connectivity index (χ2v) is 5.99. The molecular formula is C16H23N3O3. The van der Waals surface area contributed by atoms with Crippen LogP contribution >= 0.6 is 0 Å². The lowest BCUT2D eigenvalue weighted by Gasteiger charge is -2.40. The number of nitrogens with zero attached hydrogens (tertiary/aromatic N) is 2. The van der Waals surface area contributed by atoms with Crippen LogP contribution in [-0.2, 0) is 16.1 Å². The average molecular weight is 305 g/mol. The molecule has 6 nitrogen and oxygen atoms in total. The van der Waals surface area contributed by atoms with Crippen LogP contribution in [0.3, 0.4) is 0 Å². The van der Waals surface area contributed by atoms with Gasteiger partial charge in [-0.3, -0.25) is 14.7 Å². The monoisotopic (exact) mass is 305 g/mol. The number of methoxy groups -OCH3 is 1. The van der Waals surface area contributed by atoms with Crippen molar-refractivity contribution in [1.29, 1.82) is 0 Å². The molecule has 1 aromatic rings. The van der Waals surface area contributed by atoms with Gasteiger partial charge in [-0.25, -0.2) is 0 Å². The zero-order valence-corrected chi connectivity index (χ0v) is 13.0. The minimum atomic E-state index is -0.273. The summed E-state index contributed by atoms with van der Waals surface area (Å²) < 4.78 is 11.4. The zero-order chi connectivity index (χ0) is 15.4. The maximum atomic E-state index is 11.8. The SMILES string of the molecule is COc1cccnc1CN1CCC2(CC1)CC(=O)NCCO2. The minimum Gasteiger partial charge on any atom is -0.495 e. The van der Waals surface area contributed by atoms with Crippen molar-refractivity contribution in [3.63, 3.8) is 0 Å². The van der Waals surface area contributed by atoms with Crippen molar-refractivity contribution in [2.45, 2.75) is 31.4 Å². The van der Waals surface area contributed by atoms with Crippen molar-refractivity contribution in [1.82, 2.24) is 15.2 Å². The van der Waals surface area contributed by atoms with Crippen LogP contribution in [0.2, 0.25) is 0 Å². The fraction of sp³-hybridized carbons (Fsp3) is 0.625. The maximum Gasteiger partial charge on any atom is 0.222 e. The zero-order valence-electron chi connectivity index (χ0n) is 13.0. The molecule has 1 aromatic heterocycles. The van der Waals surface area contributed by atoms with Crippen molar-refractivity contribution in [2.75, 3.05) is 33.4 Å². The number of hydrogen-bond donors (Lipinski definition) is 1. The first kappa shape index (κ1) is 15.2. The van der Waals surface area contributed by atoms with Gasteiger partial charge in [0.1, 0.15) is 5.75 Å². The Balaban J connectivity index is 1.60. The molecule has 0 radical (unpaired) electrons. The molecule has 1 amide bonds. The Morgan fingerprint density at radius 3 is 3.05 bits per heavy atom. The molecule has 6 heteroatoms. The number of pyridine rings is 1. The van der Waals surface area contributed by atoms with E-state index in [9.17, 15) is 4.79 Å². The molecule has 2 aliphatic heterocycles. The highest BCUT2D eigenvalue weighted by Gasteiger charge is 2.38. The summed E-state index contributed by atoms with van der Waals surface area (Å²) in [5.41, 5.74) is 0.686. The summed E-state index contributed by atoms with van der Waals surface area (Å²) >= 11 is 0. The summed E-state index contributed by atoms with van der Waals surface area (Å²) in [6.07, 6.45) is 4.04. The molecule has 0 aromatic carbocycles. The molecule has 0 aliphatic carbocycles. The van der Waals surface area contributed by atoms with E-state index in [0.29, 0.717) is 19.6 Å². The molecule has 0 unspecified atom stereocenters. The lowest BCUT2D eigenvalue weighted by Crippen LogP contribution is -2.46. The van der Waals surface area contributed by atoms with E-state index in [1.54, 1.807) is 13.3 Å². The van der Waals surface area contributed by atoms with Crippen molar-refractivity contribution in [3.8, 4) is 5.75 Å². The normalized spacial score (nSPS) is 22.1. The molecule has 22 heavy (non-hydrogen) atoms. The highest BCUT2D eigenvalue weighted by atomic mass is 16.5. The van der Waals surface area contributed by atoms with Gasteiger partial charge in [-0.2, -0.15) is 0 Å². The lowest BCUT2D eigenvalue weighted by atomic mass is 9.87. The lowest BCUT2D eigenvalue weighted by molar-refractivity contribution is -0.128. The van der Waals surface area contributed by atoms with Crippen LogP contribution in [0.25, 0.3) is 0 Å². The van der Waals surface area contributed by atoms with Gasteiger partial charge in [-0.15, -0.1) is 0 Å². The number of piperidine rings is 1. The number of aromatic nitrogens is 1. The maximum absolute atomic E-state index is 11.8. The van der Waals surface area contributed by atoms with Crippen LogP contribution in [0.1, 0.15) is 25.0 Å². The van der Waals surface area contributed by atoms with Gasteiger partial charge < -0.3 is 14.8 Å². The Morgan fingerprint density at radius 2 is 2.27 bits per heavy atom. The molecule has 1 N–H and O–H groups in total. The molecule has 3 rings (SSSR count). The summed E-state index contributed by atoms with van der Waals surface area (Å²) in [5.74, 6) is 0.935. The van der Waals surface area contributed by atoms with Gasteiger partial charge in [-0.1, -0.05) is 0 Å². The fourth-order valence-electron chi connectivity index (χ4n) is 3.24. The Kier molecular flexibility index (Phi) is 4.59. The Bertz CT molecular complexity index is 527. The van der Waals surface area contributed by atoms with Crippen molar-refractivity contribution in [3.05, 3.63) is 24.0 Å². The second kappa shape index (κ2) is 6.62. The first-order valence-corrected chi connectivity index (χ1v) is 7.82. The van der Waals surface area contributed by atoms with Gasteiger partial charge in [0.15, 0.2) is 0 Å². The van der Waals surface area contributed by atoms with E-state index < -0.39 is 0 Å². The predicted octanol–water partition coefficient (Wildman–Crippen LogP) is 0.961. The topological polar surface area (TPSA) is 63.7 Å². The molecule has 120 valence electrons. The van der Waals surface area contributed by atoms with Gasteiger partial charge in [0.2, 0.25) is 5.91 Å². The Hall–Kier alpha value is -1.66. The molecule has 0 bridgehead atoms. The third kappa shape index (κ3) is 3.39. The summed E-state index contributed by atoms with van der Waals surface area (Å²) in [5, 5.41) is 2.88. The third-order valence-electron chi connectivity index (χ3n) is 4.52. The number of nitrogens with one attached hydrogen (secondary N) is 1. The van der Waals surface area contributed by atoms with E-state index in [1.165, 1.54) is 0 Å². The number of hydrogen-bond acceptors (Lipinski definition) is 5. The smallest absolute Gasteiger partial charge is 0.222 e. The first-order valence-electron chi connectivity index (χ1n) is 7.82. The summed E-state index contributed by atoms with van der Waals surface area (Å²) in [6, 6.07) is 3.82. The number of carbonyl (C=O) groups is 1. The van der Waals surface area contributed by atoms with Gasteiger partial charge in [0, 0.05) is 32.4 Å². The quantitative estimate of drug-likeness (QED) is 0.901. The van der Waals surface area contributed by atoms with Gasteiger partial charge in [0.25, 0.3) is 0 Å². The van der Waals surface area contributed by atoms with Gasteiger partial charge in [0.05, 0.1) is 31.4 Å². The molecular weight excluding hydrogens is 282 g/mol. The van der Waals surface area contributed by atoms with E-state index in [0.717, 1.165) is 43.9 Å². The van der Waals surface area contributed by atoms with Crippen molar-refractivity contribution < 1.29 is 14.3 Å². The van der Waals surface area contributed by atoms with Crippen LogP contribution < -0.4 is 10.1 Å². The minimum absolute atomic E-state index is 0.109. The van der Waals surface area contributed by atoms with E-state index in [1.807, 2.05) is 12.1 Å². The van der Waals surface area contributed by atoms with Crippen LogP contribution in [0.15, 0.2) is 18.3 Å². The van der Waals surface area contributed by atoms with E-state index in [-0.39, 0.29) is 11.5 Å². The van der Waals surface area contributed by atoms with Gasteiger partial charge >= 0.3 is 0 Å². The van der Waals surface area contributed by atoms with E-state index >= 15 is 0 Å². The number of carbonyl (C=O) groups excluding carboxylic acids is 1. The van der Waals surface area contributed by atoms with E-state index in [4.69, 9.17) is 9.47 Å². The predicted molar refractivity (Wildman–Crippen MR) is 81.6 cm³/mol. The largest absolute Gasteiger partial charge is 0.495 e. The molecule has 3 heterocycles. The standard InChI is InChI=1S/C16H23N3O3/c1-21-14-3-2-6-17-13(14)12-19-8-4-16(5-9-19)11-15(20)18-7-10-22-16/h2-3,6H,4-5,7-12H2,1H3,(H,18,20). The van der Waals surface area contributed by atoms with Gasteiger partial charge in [-0.05, 0) is 25.0 Å². The van der Waals surface area contributed by atoms with Crippen LogP contribution in [0.5, 0.6) is 5.75 Å². The number of ether oxygens (including phenoxy) is 2. The summed E-state index contributed by atoms with van der Waals surface area (Å²) in [4.78, 5) is 18.5. The molecule has 2 aliphatic rings. The molecule has 2 fully saturated rings. The second-order valence-electron chi connectivity index (χ2n) is 5.99. The summed E-state index contributed by atoms with van der Waals surface area (Å²) in [7, 11) is 1.67. The number of rotatable bonds is 3. The average Bonchev–Trinajstić information content (AvgIpc) is 2.72. The van der Waals surface area contributed by atoms with Crippen molar-refractivity contribution in [2.24, 2.45) is 0 Å². The highest BCUT2D eigenvalue weighted by molar-refractivity contribution is 5.77. The Labute approximate surface area is 130 Å². The Morgan fingerprint density at radius 1 is 1.45 bits per heavy atom. The fourth-order valence-corrected chi connectivity index (χ4v) is 3.24. The van der Waals surface area contributed by atoms with Crippen LogP contribution in [0, 0.1) is 0 Å². The van der Waals surface area contributed by atoms with Crippen LogP contribution in [-0.4, -0.2) is 54.7 Å². The number of amides is 1. The van der Waals surface area contributed by atoms with Crippen LogP contribution in [0.4, 0.5) is 0 Å². The van der Waals surface area contributed by atoms with E-state index in [2.05, 4.69) is 15.2 Å². The molecule has 2 saturated heterocycles. The third-order valence-corrected chi connectivity index (χ3v) is 4.52. The summed E-state index contributed by atoms with van der Waals surface area (Å²) in [6.45, 7) is 3.82. The molecule has 0 atom stereocenters. The molecule has 1 spiro atoms. The first-order chi connectivity index (χ1) is 10.7. The number of likely N-dealkylation sites (tertiary alicyclic amines) is 1.